The molecule has 250 valence electrons. The van der Waals surface area contributed by atoms with E-state index in [0.29, 0.717) is 46.2 Å². The number of anilines is 2. The number of nitrogens with one attached hydrogen (secondary N) is 1. The van der Waals surface area contributed by atoms with Gasteiger partial charge in [0.05, 0.1) is 33.0 Å². The number of carbonyl (C=O) groups excluding carboxylic acids is 2. The molecule has 12 heteroatoms. The molecule has 5 aromatic rings. The Hall–Kier alpha value is -5.98. The molecule has 0 saturated heterocycles. The molecule has 0 aliphatic carbocycles. The van der Waals surface area contributed by atoms with Gasteiger partial charge in [0.2, 0.25) is 6.35 Å². The fourth-order valence-electron chi connectivity index (χ4n) is 5.26. The van der Waals surface area contributed by atoms with Crippen LogP contribution >= 0.6 is 0 Å². The Morgan fingerprint density at radius 2 is 1.63 bits per heavy atom. The van der Waals surface area contributed by atoms with E-state index in [4.69, 9.17) is 18.9 Å². The van der Waals surface area contributed by atoms with Crippen LogP contribution in [-0.2, 0) is 20.9 Å². The fourth-order valence-corrected chi connectivity index (χ4v) is 5.26. The molecule has 1 atom stereocenters. The minimum atomic E-state index is -1.46. The maximum Gasteiger partial charge on any atom is 0.268 e. The minimum absolute atomic E-state index is 0.157. The summed E-state index contributed by atoms with van der Waals surface area (Å²) in [5, 5.41) is 14.6. The summed E-state index contributed by atoms with van der Waals surface area (Å²) in [5.41, 5.74) is 2.02. The Balaban J connectivity index is 1.18. The van der Waals surface area contributed by atoms with Crippen LogP contribution in [0.5, 0.6) is 23.0 Å². The number of fused-ring (bicyclic) bond motifs is 1. The summed E-state index contributed by atoms with van der Waals surface area (Å²) in [4.78, 5) is 34.0. The number of hydrogen-bond donors (Lipinski definition) is 2. The molecular weight excluding hydrogens is 631 g/mol. The van der Waals surface area contributed by atoms with E-state index in [9.17, 15) is 19.1 Å². The van der Waals surface area contributed by atoms with Crippen molar-refractivity contribution in [2.45, 2.75) is 13.0 Å². The third kappa shape index (κ3) is 7.45. The van der Waals surface area contributed by atoms with Crippen LogP contribution in [0.1, 0.15) is 5.56 Å². The number of aliphatic hydroxyl groups excluding tert-OH is 1. The number of amides is 2. The second-order valence-electron chi connectivity index (χ2n) is 10.9. The van der Waals surface area contributed by atoms with Gasteiger partial charge in [-0.1, -0.05) is 30.3 Å². The number of benzene rings is 4. The molecule has 1 unspecified atom stereocenters. The normalized spacial score (nSPS) is 14.4. The van der Waals surface area contributed by atoms with Gasteiger partial charge < -0.3 is 34.3 Å². The van der Waals surface area contributed by atoms with Crippen LogP contribution in [-0.4, -0.2) is 60.5 Å². The standard InChI is InChI=1S/C37H33FN4O7/c1-46-33-20-29-31(21-34(33)47-2)39-17-16-32(29)49-28-14-10-26(11-15-28)40-35(43)30-22-41(18-19-48-23-24-6-4-3-5-7-24)37(45)42(36(30)44)27-12-8-25(38)9-13-27/h3-17,20-22,37,45H,18-19,23H2,1-2H3,(H,40,43). The van der Waals surface area contributed by atoms with Crippen LogP contribution in [0, 0.1) is 5.82 Å². The number of aliphatic hydroxyl groups is 1. The number of halogens is 1. The molecular formula is C37H33FN4O7. The molecule has 2 amide bonds. The highest BCUT2D eigenvalue weighted by molar-refractivity contribution is 6.27. The van der Waals surface area contributed by atoms with Gasteiger partial charge in [0.1, 0.15) is 22.9 Å². The second-order valence-corrected chi connectivity index (χ2v) is 10.9. The van der Waals surface area contributed by atoms with Crippen molar-refractivity contribution in [3.8, 4) is 23.0 Å². The molecule has 1 aliphatic rings. The number of pyridine rings is 1. The van der Waals surface area contributed by atoms with E-state index >= 15 is 0 Å². The predicted octanol–water partition coefficient (Wildman–Crippen LogP) is 5.85. The monoisotopic (exact) mass is 664 g/mol. The van der Waals surface area contributed by atoms with Crippen molar-refractivity contribution in [1.29, 1.82) is 0 Å². The van der Waals surface area contributed by atoms with Crippen molar-refractivity contribution < 1.29 is 38.0 Å². The van der Waals surface area contributed by atoms with Crippen LogP contribution in [0.3, 0.4) is 0 Å². The van der Waals surface area contributed by atoms with Gasteiger partial charge in [-0.25, -0.2) is 4.39 Å². The topological polar surface area (TPSA) is 123 Å². The summed E-state index contributed by atoms with van der Waals surface area (Å²) >= 11 is 0. The van der Waals surface area contributed by atoms with E-state index in [1.807, 2.05) is 30.3 Å². The zero-order valence-corrected chi connectivity index (χ0v) is 26.7. The lowest BCUT2D eigenvalue weighted by atomic mass is 10.1. The molecule has 0 fully saturated rings. The molecule has 4 aromatic carbocycles. The van der Waals surface area contributed by atoms with E-state index in [0.717, 1.165) is 10.5 Å². The van der Waals surface area contributed by atoms with Crippen molar-refractivity contribution in [2.75, 3.05) is 37.6 Å². The quantitative estimate of drug-likeness (QED) is 0.125. The summed E-state index contributed by atoms with van der Waals surface area (Å²) in [6.07, 6.45) is 1.47. The summed E-state index contributed by atoms with van der Waals surface area (Å²) < 4.78 is 36.4. The molecule has 0 bridgehead atoms. The number of hydrogen-bond acceptors (Lipinski definition) is 9. The van der Waals surface area contributed by atoms with Crippen molar-refractivity contribution in [1.82, 2.24) is 9.88 Å². The van der Waals surface area contributed by atoms with Crippen molar-refractivity contribution in [2.24, 2.45) is 0 Å². The zero-order valence-electron chi connectivity index (χ0n) is 26.7. The Bertz CT molecular complexity index is 1970. The lowest BCUT2D eigenvalue weighted by molar-refractivity contribution is -0.124. The maximum atomic E-state index is 13.7. The SMILES string of the molecule is COc1cc2nccc(Oc3ccc(NC(=O)C4=CN(CCOCc5ccccc5)C(O)N(c5ccc(F)cc5)C4=O)cc3)c2cc1OC. The van der Waals surface area contributed by atoms with Gasteiger partial charge in [0.25, 0.3) is 11.8 Å². The predicted molar refractivity (Wildman–Crippen MR) is 181 cm³/mol. The second kappa shape index (κ2) is 14.8. The molecule has 1 aliphatic heterocycles. The van der Waals surface area contributed by atoms with Crippen LogP contribution in [0.15, 0.2) is 115 Å². The van der Waals surface area contributed by atoms with Gasteiger partial charge in [0, 0.05) is 41.8 Å². The lowest BCUT2D eigenvalue weighted by Gasteiger charge is -2.39. The number of carbonyl (C=O) groups is 2. The highest BCUT2D eigenvalue weighted by Crippen LogP contribution is 2.37. The van der Waals surface area contributed by atoms with Crippen LogP contribution in [0.2, 0.25) is 0 Å². The summed E-state index contributed by atoms with van der Waals surface area (Å²) in [5.74, 6) is 0.131. The van der Waals surface area contributed by atoms with E-state index in [2.05, 4.69) is 10.3 Å². The Kier molecular flexibility index (Phi) is 9.98. The molecule has 0 saturated carbocycles. The van der Waals surface area contributed by atoms with Gasteiger partial charge in [0.15, 0.2) is 11.5 Å². The molecule has 0 spiro atoms. The molecule has 6 rings (SSSR count). The molecule has 0 radical (unpaired) electrons. The zero-order chi connectivity index (χ0) is 34.3. The third-order valence-corrected chi connectivity index (χ3v) is 7.77. The molecule has 11 nitrogen and oxygen atoms in total. The molecule has 2 heterocycles. The highest BCUT2D eigenvalue weighted by Gasteiger charge is 2.37. The molecule has 2 N–H and O–H groups in total. The van der Waals surface area contributed by atoms with Gasteiger partial charge >= 0.3 is 0 Å². The largest absolute Gasteiger partial charge is 0.493 e. The van der Waals surface area contributed by atoms with Crippen LogP contribution in [0.25, 0.3) is 10.9 Å². The summed E-state index contributed by atoms with van der Waals surface area (Å²) in [6, 6.07) is 26.5. The molecule has 49 heavy (non-hydrogen) atoms. The van der Waals surface area contributed by atoms with Crippen molar-refractivity contribution in [3.63, 3.8) is 0 Å². The number of nitrogens with zero attached hydrogens (tertiary/aromatic N) is 3. The van der Waals surface area contributed by atoms with E-state index in [1.165, 1.54) is 35.4 Å². The lowest BCUT2D eigenvalue weighted by Crippen LogP contribution is -2.55. The van der Waals surface area contributed by atoms with Crippen LogP contribution in [0.4, 0.5) is 15.8 Å². The van der Waals surface area contributed by atoms with E-state index < -0.39 is 24.0 Å². The first kappa shape index (κ1) is 32.9. The van der Waals surface area contributed by atoms with Gasteiger partial charge in [-0.15, -0.1) is 0 Å². The fraction of sp³-hybridized carbons (Fsp3) is 0.162. The first-order chi connectivity index (χ1) is 23.8. The molecule has 1 aromatic heterocycles. The van der Waals surface area contributed by atoms with E-state index in [-0.39, 0.29) is 24.4 Å². The van der Waals surface area contributed by atoms with Crippen molar-refractivity contribution in [3.05, 3.63) is 126 Å². The van der Waals surface area contributed by atoms with Crippen LogP contribution < -0.4 is 24.4 Å². The average molecular weight is 665 g/mol. The first-order valence-corrected chi connectivity index (χ1v) is 15.3. The average Bonchev–Trinajstić information content (AvgIpc) is 3.12. The number of methoxy groups -OCH3 is 2. The van der Waals surface area contributed by atoms with Gasteiger partial charge in [-0.2, -0.15) is 0 Å². The van der Waals surface area contributed by atoms with Gasteiger partial charge in [-0.05, 0) is 66.2 Å². The highest BCUT2D eigenvalue weighted by atomic mass is 19.1. The number of aromatic nitrogens is 1. The minimum Gasteiger partial charge on any atom is -0.493 e. The van der Waals surface area contributed by atoms with E-state index in [1.54, 1.807) is 62.9 Å². The maximum absolute atomic E-state index is 13.7. The Labute approximate surface area is 281 Å². The smallest absolute Gasteiger partial charge is 0.268 e. The first-order valence-electron chi connectivity index (χ1n) is 15.3. The van der Waals surface area contributed by atoms with Gasteiger partial charge in [-0.3, -0.25) is 19.5 Å². The Morgan fingerprint density at radius 1 is 0.918 bits per heavy atom. The summed E-state index contributed by atoms with van der Waals surface area (Å²) in [7, 11) is 3.10. The third-order valence-electron chi connectivity index (χ3n) is 7.77. The van der Waals surface area contributed by atoms with Crippen molar-refractivity contribution >= 4 is 34.1 Å². The number of ether oxygens (including phenoxy) is 4. The summed E-state index contributed by atoms with van der Waals surface area (Å²) in [6.45, 7) is 0.698. The number of rotatable bonds is 12. The Morgan fingerprint density at radius 3 is 2.35 bits per heavy atom.